The van der Waals surface area contributed by atoms with E-state index < -0.39 is 5.97 Å². The van der Waals surface area contributed by atoms with Crippen LogP contribution < -0.4 is 5.32 Å². The number of nitrogens with one attached hydrogen (secondary N) is 1. The normalized spacial score (nSPS) is 10.3. The maximum atomic E-state index is 12.7. The summed E-state index contributed by atoms with van der Waals surface area (Å²) in [6, 6.07) is 7.26. The molecule has 116 valence electrons. The van der Waals surface area contributed by atoms with Crippen LogP contribution >= 0.6 is 0 Å². The Balaban J connectivity index is 3.00. The second-order valence-electron chi connectivity index (χ2n) is 5.08. The van der Waals surface area contributed by atoms with Gasteiger partial charge in [-0.15, -0.1) is 0 Å². The van der Waals surface area contributed by atoms with Crippen molar-refractivity contribution in [1.82, 2.24) is 4.90 Å². The molecule has 0 saturated heterocycles. The summed E-state index contributed by atoms with van der Waals surface area (Å²) in [4.78, 5) is 25.7. The molecular formula is C16H24N2O3. The first-order valence-electron chi connectivity index (χ1n) is 7.21. The van der Waals surface area contributed by atoms with Crippen molar-refractivity contribution in [2.24, 2.45) is 0 Å². The van der Waals surface area contributed by atoms with E-state index >= 15 is 0 Å². The van der Waals surface area contributed by atoms with E-state index in [1.54, 1.807) is 6.07 Å². The Kier molecular flexibility index (Phi) is 6.72. The molecule has 0 heterocycles. The third-order valence-corrected chi connectivity index (χ3v) is 3.13. The summed E-state index contributed by atoms with van der Waals surface area (Å²) in [6.07, 6.45) is 0.971. The van der Waals surface area contributed by atoms with Crippen LogP contribution in [0.2, 0.25) is 0 Å². The maximum Gasteiger partial charge on any atom is 0.325 e. The summed E-state index contributed by atoms with van der Waals surface area (Å²) >= 11 is 0. The molecule has 1 N–H and O–H groups in total. The average molecular weight is 292 g/mol. The van der Waals surface area contributed by atoms with Crippen molar-refractivity contribution in [1.29, 1.82) is 0 Å². The van der Waals surface area contributed by atoms with Crippen molar-refractivity contribution in [2.75, 3.05) is 25.5 Å². The van der Waals surface area contributed by atoms with Crippen molar-refractivity contribution in [3.63, 3.8) is 0 Å². The molecule has 0 aliphatic carbocycles. The Hall–Kier alpha value is -2.04. The van der Waals surface area contributed by atoms with Crippen LogP contribution in [-0.4, -0.2) is 43.0 Å². The van der Waals surface area contributed by atoms with Crippen molar-refractivity contribution in [3.8, 4) is 0 Å². The summed E-state index contributed by atoms with van der Waals surface area (Å²) in [6.45, 7) is 6.57. The Morgan fingerprint density at radius 2 is 1.95 bits per heavy atom. The van der Waals surface area contributed by atoms with Gasteiger partial charge in [-0.1, -0.05) is 19.1 Å². The standard InChI is InChI=1S/C16H24N2O3/c1-5-10-17-14-9-7-6-8-13(14)16(20)18(12(2)3)11-15(19)21-4/h6-9,12,17H,5,10-11H2,1-4H3. The quantitative estimate of drug-likeness (QED) is 0.785. The molecule has 1 amide bonds. The van der Waals surface area contributed by atoms with Crippen LogP contribution in [0.25, 0.3) is 0 Å². The molecule has 0 fully saturated rings. The molecule has 0 bridgehead atoms. The van der Waals surface area contributed by atoms with E-state index in [9.17, 15) is 9.59 Å². The number of hydrogen-bond acceptors (Lipinski definition) is 4. The number of carbonyl (C=O) groups excluding carboxylic acids is 2. The number of carbonyl (C=O) groups is 2. The average Bonchev–Trinajstić information content (AvgIpc) is 2.49. The number of methoxy groups -OCH3 is 1. The number of anilines is 1. The second kappa shape index (κ2) is 8.29. The maximum absolute atomic E-state index is 12.7. The lowest BCUT2D eigenvalue weighted by Crippen LogP contribution is -2.41. The predicted octanol–water partition coefficient (Wildman–Crippen LogP) is 2.53. The molecule has 0 aliphatic heterocycles. The minimum atomic E-state index is -0.420. The minimum absolute atomic E-state index is 0.0465. The minimum Gasteiger partial charge on any atom is -0.468 e. The van der Waals surface area contributed by atoms with E-state index in [1.807, 2.05) is 32.0 Å². The highest BCUT2D eigenvalue weighted by atomic mass is 16.5. The van der Waals surface area contributed by atoms with Crippen molar-refractivity contribution < 1.29 is 14.3 Å². The first-order chi connectivity index (χ1) is 10.0. The van der Waals surface area contributed by atoms with Crippen molar-refractivity contribution >= 4 is 17.6 Å². The molecule has 0 unspecified atom stereocenters. The number of benzene rings is 1. The smallest absolute Gasteiger partial charge is 0.325 e. The van der Waals surface area contributed by atoms with Gasteiger partial charge >= 0.3 is 5.97 Å². The van der Waals surface area contributed by atoms with Gasteiger partial charge in [0.2, 0.25) is 0 Å². The summed E-state index contributed by atoms with van der Waals surface area (Å²) in [5, 5.41) is 3.24. The zero-order valence-corrected chi connectivity index (χ0v) is 13.2. The van der Waals surface area contributed by atoms with Gasteiger partial charge in [-0.25, -0.2) is 0 Å². The Bertz CT molecular complexity index is 486. The largest absolute Gasteiger partial charge is 0.468 e. The molecule has 0 saturated carbocycles. The summed E-state index contributed by atoms with van der Waals surface area (Å²) in [7, 11) is 1.32. The Morgan fingerprint density at radius 3 is 2.52 bits per heavy atom. The summed E-state index contributed by atoms with van der Waals surface area (Å²) < 4.78 is 4.66. The molecule has 1 aromatic rings. The lowest BCUT2D eigenvalue weighted by atomic mass is 10.1. The fraction of sp³-hybridized carbons (Fsp3) is 0.500. The monoisotopic (exact) mass is 292 g/mol. The molecule has 21 heavy (non-hydrogen) atoms. The van der Waals surface area contributed by atoms with Gasteiger partial charge in [0.1, 0.15) is 6.54 Å². The van der Waals surface area contributed by atoms with E-state index in [0.717, 1.165) is 18.7 Å². The van der Waals surface area contributed by atoms with Gasteiger partial charge in [-0.05, 0) is 32.4 Å². The zero-order valence-electron chi connectivity index (χ0n) is 13.2. The van der Waals surface area contributed by atoms with Crippen LogP contribution in [0.5, 0.6) is 0 Å². The number of esters is 1. The third-order valence-electron chi connectivity index (χ3n) is 3.13. The van der Waals surface area contributed by atoms with Gasteiger partial charge in [-0.3, -0.25) is 9.59 Å². The number of amides is 1. The van der Waals surface area contributed by atoms with E-state index in [4.69, 9.17) is 0 Å². The summed E-state index contributed by atoms with van der Waals surface area (Å²) in [5.41, 5.74) is 1.36. The molecule has 0 aliphatic rings. The van der Waals surface area contributed by atoms with Gasteiger partial charge < -0.3 is 15.0 Å². The third kappa shape index (κ3) is 4.77. The highest BCUT2D eigenvalue weighted by Gasteiger charge is 2.23. The van der Waals surface area contributed by atoms with Crippen LogP contribution in [-0.2, 0) is 9.53 Å². The van der Waals surface area contributed by atoms with Crippen LogP contribution in [0.15, 0.2) is 24.3 Å². The van der Waals surface area contributed by atoms with Gasteiger partial charge in [0.25, 0.3) is 5.91 Å². The number of rotatable bonds is 7. The fourth-order valence-corrected chi connectivity index (χ4v) is 1.93. The van der Waals surface area contributed by atoms with Crippen LogP contribution in [0, 0.1) is 0 Å². The van der Waals surface area contributed by atoms with E-state index in [0.29, 0.717) is 5.56 Å². The molecule has 1 rings (SSSR count). The van der Waals surface area contributed by atoms with Crippen LogP contribution in [0.3, 0.4) is 0 Å². The zero-order chi connectivity index (χ0) is 15.8. The molecule has 0 aromatic heterocycles. The molecule has 0 radical (unpaired) electrons. The lowest BCUT2D eigenvalue weighted by Gasteiger charge is -2.26. The van der Waals surface area contributed by atoms with Crippen molar-refractivity contribution in [3.05, 3.63) is 29.8 Å². The molecule has 1 aromatic carbocycles. The van der Waals surface area contributed by atoms with Gasteiger partial charge in [0.05, 0.1) is 12.7 Å². The Morgan fingerprint density at radius 1 is 1.29 bits per heavy atom. The summed E-state index contributed by atoms with van der Waals surface area (Å²) in [5.74, 6) is -0.592. The first kappa shape index (κ1) is 17.0. The highest BCUT2D eigenvalue weighted by molar-refractivity contribution is 6.01. The SMILES string of the molecule is CCCNc1ccccc1C(=O)N(CC(=O)OC)C(C)C. The van der Waals surface area contributed by atoms with Gasteiger partial charge in [-0.2, -0.15) is 0 Å². The number of hydrogen-bond donors (Lipinski definition) is 1. The van der Waals surface area contributed by atoms with E-state index in [1.165, 1.54) is 12.0 Å². The Labute approximate surface area is 126 Å². The fourth-order valence-electron chi connectivity index (χ4n) is 1.93. The second-order valence-corrected chi connectivity index (χ2v) is 5.08. The van der Waals surface area contributed by atoms with Gasteiger partial charge in [0.15, 0.2) is 0 Å². The molecule has 5 heteroatoms. The number of nitrogens with zero attached hydrogens (tertiary/aromatic N) is 1. The van der Waals surface area contributed by atoms with E-state index in [-0.39, 0.29) is 18.5 Å². The topological polar surface area (TPSA) is 58.6 Å². The molecule has 5 nitrogen and oxygen atoms in total. The number of ether oxygens (including phenoxy) is 1. The van der Waals surface area contributed by atoms with E-state index in [2.05, 4.69) is 17.0 Å². The predicted molar refractivity (Wildman–Crippen MR) is 83.4 cm³/mol. The molecule has 0 spiro atoms. The number of para-hydroxylation sites is 1. The lowest BCUT2D eigenvalue weighted by molar-refractivity contribution is -0.141. The molecule has 0 atom stereocenters. The van der Waals surface area contributed by atoms with Crippen molar-refractivity contribution in [2.45, 2.75) is 33.2 Å². The van der Waals surface area contributed by atoms with Crippen LogP contribution in [0.1, 0.15) is 37.6 Å². The highest BCUT2D eigenvalue weighted by Crippen LogP contribution is 2.18. The van der Waals surface area contributed by atoms with Gasteiger partial charge in [0, 0.05) is 18.3 Å². The molecular weight excluding hydrogens is 268 g/mol. The van der Waals surface area contributed by atoms with Crippen LogP contribution in [0.4, 0.5) is 5.69 Å². The first-order valence-corrected chi connectivity index (χ1v) is 7.21.